The number of hydrogen-bond acceptors (Lipinski definition) is 4. The van der Waals surface area contributed by atoms with Crippen molar-refractivity contribution >= 4 is 5.97 Å². The van der Waals surface area contributed by atoms with E-state index in [2.05, 4.69) is 4.84 Å². The molecule has 0 fully saturated rings. The first-order chi connectivity index (χ1) is 6.07. The summed E-state index contributed by atoms with van der Waals surface area (Å²) in [6.07, 6.45) is 1.28. The molecule has 0 radical (unpaired) electrons. The Morgan fingerprint density at radius 1 is 1.62 bits per heavy atom. The van der Waals surface area contributed by atoms with Crippen molar-refractivity contribution in [1.82, 2.24) is 0 Å². The zero-order chi connectivity index (χ0) is 10.3. The largest absolute Gasteiger partial charge is 0.480 e. The molecular formula is C7H13NO5. The van der Waals surface area contributed by atoms with Crippen LogP contribution in [-0.2, 0) is 9.63 Å². The maximum Gasteiger partial charge on any atom is 0.332 e. The summed E-state index contributed by atoms with van der Waals surface area (Å²) in [6.45, 7) is 1.96. The van der Waals surface area contributed by atoms with E-state index in [-0.39, 0.29) is 6.42 Å². The van der Waals surface area contributed by atoms with Gasteiger partial charge in [-0.15, -0.1) is 10.1 Å². The van der Waals surface area contributed by atoms with Gasteiger partial charge in [0.15, 0.2) is 0 Å². The molecule has 0 spiro atoms. The van der Waals surface area contributed by atoms with E-state index in [4.69, 9.17) is 5.11 Å². The van der Waals surface area contributed by atoms with Crippen LogP contribution in [0.5, 0.6) is 0 Å². The minimum absolute atomic E-state index is 0.185. The van der Waals surface area contributed by atoms with Gasteiger partial charge in [-0.25, -0.2) is 4.79 Å². The highest BCUT2D eigenvalue weighted by atomic mass is 17.0. The molecule has 0 rings (SSSR count). The SMILES string of the molecule is CCCCCC(O[N+](=O)[O-])C(=O)O. The quantitative estimate of drug-likeness (QED) is 0.371. The summed E-state index contributed by atoms with van der Waals surface area (Å²) in [4.78, 5) is 24.2. The van der Waals surface area contributed by atoms with E-state index in [0.717, 1.165) is 12.8 Å². The third-order valence-electron chi connectivity index (χ3n) is 1.56. The lowest BCUT2D eigenvalue weighted by Gasteiger charge is -2.08. The molecule has 0 aromatic rings. The predicted octanol–water partition coefficient (Wildman–Crippen LogP) is 1.23. The first-order valence-electron chi connectivity index (χ1n) is 4.12. The third-order valence-corrected chi connectivity index (χ3v) is 1.56. The Hall–Kier alpha value is -1.33. The van der Waals surface area contributed by atoms with E-state index in [9.17, 15) is 14.9 Å². The van der Waals surface area contributed by atoms with Crippen LogP contribution in [0.4, 0.5) is 0 Å². The van der Waals surface area contributed by atoms with Gasteiger partial charge in [-0.2, -0.15) is 0 Å². The molecule has 1 N–H and O–H groups in total. The maximum atomic E-state index is 10.4. The highest BCUT2D eigenvalue weighted by Gasteiger charge is 2.20. The standard InChI is InChI=1S/C7H13NO5/c1-2-3-4-5-6(7(9)10)13-8(11)12/h6H,2-5H2,1H3,(H,9,10). The summed E-state index contributed by atoms with van der Waals surface area (Å²) in [5, 5.41) is 17.3. The van der Waals surface area contributed by atoms with Gasteiger partial charge in [0.1, 0.15) is 0 Å². The average Bonchev–Trinajstić information content (AvgIpc) is 2.02. The molecule has 1 unspecified atom stereocenters. The van der Waals surface area contributed by atoms with Crippen LogP contribution in [0.15, 0.2) is 0 Å². The fraction of sp³-hybridized carbons (Fsp3) is 0.857. The summed E-state index contributed by atoms with van der Waals surface area (Å²) < 4.78 is 0. The van der Waals surface area contributed by atoms with Gasteiger partial charge >= 0.3 is 5.97 Å². The minimum Gasteiger partial charge on any atom is -0.480 e. The molecule has 13 heavy (non-hydrogen) atoms. The second kappa shape index (κ2) is 6.22. The lowest BCUT2D eigenvalue weighted by Crippen LogP contribution is -2.26. The van der Waals surface area contributed by atoms with Gasteiger partial charge in [-0.3, -0.25) is 4.84 Å². The van der Waals surface area contributed by atoms with Gasteiger partial charge in [0, 0.05) is 0 Å². The molecule has 76 valence electrons. The number of carboxylic acid groups (broad SMARTS) is 1. The summed E-state index contributed by atoms with van der Waals surface area (Å²) >= 11 is 0. The summed E-state index contributed by atoms with van der Waals surface area (Å²) in [6, 6.07) is 0. The second-order valence-electron chi connectivity index (χ2n) is 2.65. The molecule has 0 aromatic carbocycles. The molecule has 0 aromatic heterocycles. The molecule has 0 bridgehead atoms. The smallest absolute Gasteiger partial charge is 0.332 e. The first kappa shape index (κ1) is 11.7. The fourth-order valence-corrected chi connectivity index (χ4v) is 0.905. The highest BCUT2D eigenvalue weighted by molar-refractivity contribution is 5.72. The van der Waals surface area contributed by atoms with Crippen molar-refractivity contribution in [1.29, 1.82) is 0 Å². The van der Waals surface area contributed by atoms with Crippen LogP contribution in [0.25, 0.3) is 0 Å². The minimum atomic E-state index is -1.32. The number of carbonyl (C=O) groups is 1. The lowest BCUT2D eigenvalue weighted by molar-refractivity contribution is -0.765. The van der Waals surface area contributed by atoms with E-state index >= 15 is 0 Å². The number of carboxylic acids is 1. The van der Waals surface area contributed by atoms with Gasteiger partial charge in [0.2, 0.25) is 6.10 Å². The van der Waals surface area contributed by atoms with E-state index in [1.54, 1.807) is 0 Å². The molecule has 0 heterocycles. The highest BCUT2D eigenvalue weighted by Crippen LogP contribution is 2.07. The Morgan fingerprint density at radius 2 is 2.23 bits per heavy atom. The monoisotopic (exact) mass is 191 g/mol. The summed E-state index contributed by atoms with van der Waals surface area (Å²) in [7, 11) is 0. The Labute approximate surface area is 75.6 Å². The van der Waals surface area contributed by atoms with Crippen LogP contribution in [0.1, 0.15) is 32.6 Å². The van der Waals surface area contributed by atoms with E-state index in [1.165, 1.54) is 0 Å². The van der Waals surface area contributed by atoms with Crippen LogP contribution in [0.3, 0.4) is 0 Å². The van der Waals surface area contributed by atoms with Crippen molar-refractivity contribution in [3.8, 4) is 0 Å². The van der Waals surface area contributed by atoms with E-state index in [0.29, 0.717) is 6.42 Å². The van der Waals surface area contributed by atoms with Crippen molar-refractivity contribution < 1.29 is 19.8 Å². The molecule has 0 aliphatic heterocycles. The Balaban J connectivity index is 3.81. The number of hydrogen-bond donors (Lipinski definition) is 1. The Kier molecular flexibility index (Phi) is 5.58. The number of nitrogens with zero attached hydrogens (tertiary/aromatic N) is 1. The van der Waals surface area contributed by atoms with Crippen LogP contribution in [0, 0.1) is 10.1 Å². The normalized spacial score (nSPS) is 12.1. The third kappa shape index (κ3) is 5.89. The van der Waals surface area contributed by atoms with Crippen molar-refractivity contribution in [2.45, 2.75) is 38.7 Å². The number of aliphatic carboxylic acids is 1. The second-order valence-corrected chi connectivity index (χ2v) is 2.65. The van der Waals surface area contributed by atoms with Crippen molar-refractivity contribution in [2.75, 3.05) is 0 Å². The van der Waals surface area contributed by atoms with Gasteiger partial charge in [0.05, 0.1) is 0 Å². The molecule has 6 nitrogen and oxygen atoms in total. The van der Waals surface area contributed by atoms with Crippen molar-refractivity contribution in [2.24, 2.45) is 0 Å². The van der Waals surface area contributed by atoms with E-state index < -0.39 is 17.2 Å². The number of unbranched alkanes of at least 4 members (excludes halogenated alkanes) is 2. The molecule has 0 saturated heterocycles. The van der Waals surface area contributed by atoms with Gasteiger partial charge in [-0.05, 0) is 6.42 Å². The van der Waals surface area contributed by atoms with Crippen LogP contribution < -0.4 is 0 Å². The molecule has 0 aliphatic carbocycles. The van der Waals surface area contributed by atoms with Gasteiger partial charge in [0.25, 0.3) is 5.09 Å². The Morgan fingerprint density at radius 3 is 2.62 bits per heavy atom. The zero-order valence-corrected chi connectivity index (χ0v) is 7.43. The topological polar surface area (TPSA) is 89.7 Å². The summed E-state index contributed by atoms with van der Waals surface area (Å²) in [5.41, 5.74) is 0. The maximum absolute atomic E-state index is 10.4. The van der Waals surface area contributed by atoms with E-state index in [1.807, 2.05) is 6.92 Å². The summed E-state index contributed by atoms with van der Waals surface area (Å²) in [5.74, 6) is -1.28. The van der Waals surface area contributed by atoms with Crippen LogP contribution in [-0.4, -0.2) is 22.3 Å². The fourth-order valence-electron chi connectivity index (χ4n) is 0.905. The lowest BCUT2D eigenvalue weighted by atomic mass is 10.1. The van der Waals surface area contributed by atoms with Gasteiger partial charge in [-0.1, -0.05) is 26.2 Å². The average molecular weight is 191 g/mol. The molecule has 0 saturated carbocycles. The van der Waals surface area contributed by atoms with Gasteiger partial charge < -0.3 is 5.11 Å². The molecule has 1 atom stereocenters. The number of rotatable bonds is 7. The van der Waals surface area contributed by atoms with Crippen molar-refractivity contribution in [3.63, 3.8) is 0 Å². The molecule has 0 amide bonds. The zero-order valence-electron chi connectivity index (χ0n) is 7.43. The molecule has 0 aliphatic rings. The molecular weight excluding hydrogens is 178 g/mol. The predicted molar refractivity (Wildman–Crippen MR) is 43.6 cm³/mol. The molecule has 6 heteroatoms. The van der Waals surface area contributed by atoms with Crippen LogP contribution in [0.2, 0.25) is 0 Å². The Bertz CT molecular complexity index is 182. The van der Waals surface area contributed by atoms with Crippen molar-refractivity contribution in [3.05, 3.63) is 10.1 Å². The van der Waals surface area contributed by atoms with Crippen LogP contribution >= 0.6 is 0 Å². The first-order valence-corrected chi connectivity index (χ1v) is 4.12.